The van der Waals surface area contributed by atoms with Crippen molar-refractivity contribution in [2.75, 3.05) is 33.4 Å². The maximum absolute atomic E-state index is 8.78. The molecule has 1 heterocycles. The number of aliphatic hydroxyl groups excluding tert-OH is 1. The lowest BCUT2D eigenvalue weighted by Crippen LogP contribution is -2.37. The molecule has 0 unspecified atom stereocenters. The molecule has 1 aliphatic rings. The molecule has 1 aromatic carbocycles. The van der Waals surface area contributed by atoms with Crippen LogP contribution in [0, 0.1) is 6.92 Å². The quantitative estimate of drug-likeness (QED) is 0.864. The van der Waals surface area contributed by atoms with Gasteiger partial charge in [0.05, 0.1) is 26.4 Å². The molecule has 0 saturated carbocycles. The standard InChI is InChI=1S/C16H25NO3/c1-13-3-4-16(19-2)14(11-13)12-17-7-5-15(6-8-17)20-10-9-18/h3-4,11,15,18H,5-10,12H2,1-2H3. The molecule has 4 nitrogen and oxygen atoms in total. The number of ether oxygens (including phenoxy) is 2. The predicted octanol–water partition coefficient (Wildman–Crippen LogP) is 1.98. The average Bonchev–Trinajstić information content (AvgIpc) is 2.47. The smallest absolute Gasteiger partial charge is 0.123 e. The van der Waals surface area contributed by atoms with Crippen molar-refractivity contribution in [3.8, 4) is 5.75 Å². The van der Waals surface area contributed by atoms with E-state index in [-0.39, 0.29) is 6.61 Å². The first-order chi connectivity index (χ1) is 9.72. The van der Waals surface area contributed by atoms with E-state index in [0.717, 1.165) is 38.2 Å². The third-order valence-corrected chi connectivity index (χ3v) is 3.81. The van der Waals surface area contributed by atoms with Crippen LogP contribution in [0.4, 0.5) is 0 Å². The Hall–Kier alpha value is -1.10. The molecule has 1 saturated heterocycles. The van der Waals surface area contributed by atoms with Gasteiger partial charge in [-0.1, -0.05) is 17.7 Å². The van der Waals surface area contributed by atoms with Crippen molar-refractivity contribution in [2.24, 2.45) is 0 Å². The van der Waals surface area contributed by atoms with Gasteiger partial charge in [-0.15, -0.1) is 0 Å². The Labute approximate surface area is 121 Å². The van der Waals surface area contributed by atoms with E-state index in [2.05, 4.69) is 24.0 Å². The lowest BCUT2D eigenvalue weighted by atomic mass is 10.1. The van der Waals surface area contributed by atoms with Crippen molar-refractivity contribution in [2.45, 2.75) is 32.4 Å². The Bertz CT molecular complexity index is 414. The van der Waals surface area contributed by atoms with E-state index in [1.165, 1.54) is 11.1 Å². The highest BCUT2D eigenvalue weighted by molar-refractivity contribution is 5.36. The van der Waals surface area contributed by atoms with Crippen LogP contribution in [0.5, 0.6) is 5.75 Å². The molecular formula is C16H25NO3. The number of hydrogen-bond acceptors (Lipinski definition) is 4. The van der Waals surface area contributed by atoms with E-state index < -0.39 is 0 Å². The molecule has 1 N–H and O–H groups in total. The van der Waals surface area contributed by atoms with Gasteiger partial charge in [-0.3, -0.25) is 4.90 Å². The zero-order valence-corrected chi connectivity index (χ0v) is 12.5. The monoisotopic (exact) mass is 279 g/mol. The molecule has 0 spiro atoms. The number of methoxy groups -OCH3 is 1. The van der Waals surface area contributed by atoms with Gasteiger partial charge >= 0.3 is 0 Å². The summed E-state index contributed by atoms with van der Waals surface area (Å²) in [5.74, 6) is 0.967. The normalized spacial score (nSPS) is 17.4. The zero-order chi connectivity index (χ0) is 14.4. The lowest BCUT2D eigenvalue weighted by molar-refractivity contribution is -0.00909. The van der Waals surface area contributed by atoms with Gasteiger partial charge in [0.1, 0.15) is 5.75 Å². The Morgan fingerprint density at radius 2 is 2.05 bits per heavy atom. The van der Waals surface area contributed by atoms with E-state index in [0.29, 0.717) is 12.7 Å². The maximum Gasteiger partial charge on any atom is 0.123 e. The Kier molecular flexibility index (Phi) is 5.83. The fourth-order valence-corrected chi connectivity index (χ4v) is 2.73. The van der Waals surface area contributed by atoms with Crippen LogP contribution in [0.2, 0.25) is 0 Å². The first-order valence-electron chi connectivity index (χ1n) is 7.31. The maximum atomic E-state index is 8.78. The van der Waals surface area contributed by atoms with Crippen LogP contribution in [-0.2, 0) is 11.3 Å². The fraction of sp³-hybridized carbons (Fsp3) is 0.625. The molecular weight excluding hydrogens is 254 g/mol. The van der Waals surface area contributed by atoms with Gasteiger partial charge in [-0.2, -0.15) is 0 Å². The number of rotatable bonds is 6. The molecule has 0 amide bonds. The van der Waals surface area contributed by atoms with Crippen molar-refractivity contribution in [1.82, 2.24) is 4.90 Å². The molecule has 0 bridgehead atoms. The summed E-state index contributed by atoms with van der Waals surface area (Å²) in [7, 11) is 1.73. The number of piperidine rings is 1. The molecule has 2 rings (SSSR count). The number of hydrogen-bond donors (Lipinski definition) is 1. The SMILES string of the molecule is COc1ccc(C)cc1CN1CCC(OCCO)CC1. The summed E-state index contributed by atoms with van der Waals surface area (Å²) >= 11 is 0. The minimum atomic E-state index is 0.112. The topological polar surface area (TPSA) is 41.9 Å². The number of likely N-dealkylation sites (tertiary alicyclic amines) is 1. The van der Waals surface area contributed by atoms with Crippen LogP contribution in [0.3, 0.4) is 0 Å². The van der Waals surface area contributed by atoms with Gasteiger partial charge in [0.25, 0.3) is 0 Å². The van der Waals surface area contributed by atoms with Crippen LogP contribution in [0.25, 0.3) is 0 Å². The molecule has 1 aromatic rings. The third kappa shape index (κ3) is 4.20. The van der Waals surface area contributed by atoms with E-state index in [4.69, 9.17) is 14.6 Å². The highest BCUT2D eigenvalue weighted by Crippen LogP contribution is 2.23. The molecule has 112 valence electrons. The highest BCUT2D eigenvalue weighted by Gasteiger charge is 2.20. The summed E-state index contributed by atoms with van der Waals surface area (Å²) in [6, 6.07) is 6.33. The van der Waals surface area contributed by atoms with Crippen molar-refractivity contribution in [1.29, 1.82) is 0 Å². The average molecular weight is 279 g/mol. The molecule has 0 radical (unpaired) electrons. The van der Waals surface area contributed by atoms with Gasteiger partial charge in [0.2, 0.25) is 0 Å². The van der Waals surface area contributed by atoms with Gasteiger partial charge in [0, 0.05) is 25.2 Å². The molecule has 4 heteroatoms. The molecule has 0 aliphatic carbocycles. The van der Waals surface area contributed by atoms with Crippen LogP contribution in [-0.4, -0.2) is 49.5 Å². The van der Waals surface area contributed by atoms with E-state index >= 15 is 0 Å². The highest BCUT2D eigenvalue weighted by atomic mass is 16.5. The summed E-state index contributed by atoms with van der Waals surface area (Å²) in [6.45, 7) is 5.67. The summed E-state index contributed by atoms with van der Waals surface area (Å²) in [5, 5.41) is 8.78. The predicted molar refractivity (Wildman–Crippen MR) is 79.1 cm³/mol. The van der Waals surface area contributed by atoms with Gasteiger partial charge in [-0.05, 0) is 25.8 Å². The van der Waals surface area contributed by atoms with Crippen LogP contribution >= 0.6 is 0 Å². The van der Waals surface area contributed by atoms with E-state index in [1.54, 1.807) is 7.11 Å². The summed E-state index contributed by atoms with van der Waals surface area (Å²) in [4.78, 5) is 2.44. The minimum absolute atomic E-state index is 0.112. The van der Waals surface area contributed by atoms with Gasteiger partial charge in [-0.25, -0.2) is 0 Å². The zero-order valence-electron chi connectivity index (χ0n) is 12.5. The first kappa shape index (κ1) is 15.3. The van der Waals surface area contributed by atoms with Crippen molar-refractivity contribution >= 4 is 0 Å². The first-order valence-corrected chi connectivity index (χ1v) is 7.31. The number of aliphatic hydroxyl groups is 1. The second-order valence-electron chi connectivity index (χ2n) is 5.39. The van der Waals surface area contributed by atoms with E-state index in [9.17, 15) is 0 Å². The van der Waals surface area contributed by atoms with Crippen LogP contribution in [0.1, 0.15) is 24.0 Å². The number of aryl methyl sites for hydroxylation is 1. The summed E-state index contributed by atoms with van der Waals surface area (Å²) in [5.41, 5.74) is 2.52. The Morgan fingerprint density at radius 1 is 1.30 bits per heavy atom. The second-order valence-corrected chi connectivity index (χ2v) is 5.39. The summed E-state index contributed by atoms with van der Waals surface area (Å²) in [6.07, 6.45) is 2.38. The molecule has 0 aromatic heterocycles. The molecule has 20 heavy (non-hydrogen) atoms. The largest absolute Gasteiger partial charge is 0.496 e. The third-order valence-electron chi connectivity index (χ3n) is 3.81. The fourth-order valence-electron chi connectivity index (χ4n) is 2.73. The minimum Gasteiger partial charge on any atom is -0.496 e. The van der Waals surface area contributed by atoms with Crippen LogP contribution < -0.4 is 4.74 Å². The van der Waals surface area contributed by atoms with Crippen molar-refractivity contribution in [3.63, 3.8) is 0 Å². The Balaban J connectivity index is 1.87. The molecule has 1 aliphatic heterocycles. The lowest BCUT2D eigenvalue weighted by Gasteiger charge is -2.32. The molecule has 0 atom stereocenters. The van der Waals surface area contributed by atoms with Gasteiger partial charge in [0.15, 0.2) is 0 Å². The van der Waals surface area contributed by atoms with Crippen molar-refractivity contribution in [3.05, 3.63) is 29.3 Å². The van der Waals surface area contributed by atoms with E-state index in [1.807, 2.05) is 6.07 Å². The molecule has 1 fully saturated rings. The number of benzene rings is 1. The summed E-state index contributed by atoms with van der Waals surface area (Å²) < 4.78 is 11.0. The van der Waals surface area contributed by atoms with Crippen molar-refractivity contribution < 1.29 is 14.6 Å². The Morgan fingerprint density at radius 3 is 2.70 bits per heavy atom. The van der Waals surface area contributed by atoms with Gasteiger partial charge < -0.3 is 14.6 Å². The second kappa shape index (κ2) is 7.62. The van der Waals surface area contributed by atoms with Crippen LogP contribution in [0.15, 0.2) is 18.2 Å². The number of nitrogens with zero attached hydrogens (tertiary/aromatic N) is 1.